The van der Waals surface area contributed by atoms with Crippen LogP contribution >= 0.6 is 0 Å². The molecule has 0 saturated heterocycles. The van der Waals surface area contributed by atoms with Crippen molar-refractivity contribution in [2.24, 2.45) is 0 Å². The Kier molecular flexibility index (Phi) is 4.25. The molecule has 3 nitrogen and oxygen atoms in total. The molecule has 0 heterocycles. The molecule has 0 aromatic heterocycles. The molecule has 0 bridgehead atoms. The molecule has 0 fully saturated rings. The zero-order valence-corrected chi connectivity index (χ0v) is 10.7. The molecule has 0 aliphatic carbocycles. The number of carbonyl (C=O) groups excluding carboxylic acids is 1. The first-order valence-corrected chi connectivity index (χ1v) is 6.18. The fourth-order valence-electron chi connectivity index (χ4n) is 1.90. The first kappa shape index (κ1) is 13.9. The summed E-state index contributed by atoms with van der Waals surface area (Å²) in [5, 5.41) is 8.54. The topological polar surface area (TPSA) is 54.4 Å². The molecule has 0 aliphatic heterocycles. The van der Waals surface area contributed by atoms with Crippen molar-refractivity contribution in [1.29, 1.82) is 0 Å². The number of rotatable bonds is 5. The number of carboxylic acid groups (broad SMARTS) is 1. The standard InChI is InChI=1S/C16H13FO3/c17-14-4-2-1-3-13(14)11-5-7-12(8-6-11)15(18)9-10-16(19)20/h1-8H,9-10H2,(H,19,20). The second-order valence-corrected chi connectivity index (χ2v) is 4.37. The van der Waals surface area contributed by atoms with Gasteiger partial charge in [0.25, 0.3) is 0 Å². The largest absolute Gasteiger partial charge is 0.481 e. The van der Waals surface area contributed by atoms with Crippen LogP contribution in [-0.2, 0) is 4.79 Å². The highest BCUT2D eigenvalue weighted by molar-refractivity contribution is 5.97. The minimum atomic E-state index is -0.999. The first-order chi connectivity index (χ1) is 9.58. The number of benzene rings is 2. The molecule has 1 N–H and O–H groups in total. The molecule has 0 aliphatic rings. The number of carbonyl (C=O) groups is 2. The van der Waals surface area contributed by atoms with Crippen LogP contribution in [0.25, 0.3) is 11.1 Å². The summed E-state index contributed by atoms with van der Waals surface area (Å²) >= 11 is 0. The van der Waals surface area contributed by atoms with Crippen LogP contribution in [0, 0.1) is 5.82 Å². The van der Waals surface area contributed by atoms with E-state index in [0.717, 1.165) is 0 Å². The van der Waals surface area contributed by atoms with E-state index in [1.54, 1.807) is 42.5 Å². The zero-order chi connectivity index (χ0) is 14.5. The van der Waals surface area contributed by atoms with E-state index in [1.807, 2.05) is 0 Å². The molecule has 0 saturated carbocycles. The third-order valence-electron chi connectivity index (χ3n) is 2.96. The van der Waals surface area contributed by atoms with Gasteiger partial charge in [0.2, 0.25) is 0 Å². The van der Waals surface area contributed by atoms with E-state index in [2.05, 4.69) is 0 Å². The number of Topliss-reactive ketones (excluding diaryl/α,β-unsaturated/α-hetero) is 1. The van der Waals surface area contributed by atoms with Gasteiger partial charge in [-0.15, -0.1) is 0 Å². The van der Waals surface area contributed by atoms with Crippen molar-refractivity contribution in [3.63, 3.8) is 0 Å². The summed E-state index contributed by atoms with van der Waals surface area (Å²) in [6.07, 6.45) is -0.220. The number of hydrogen-bond donors (Lipinski definition) is 1. The summed E-state index contributed by atoms with van der Waals surface area (Å²) in [7, 11) is 0. The van der Waals surface area contributed by atoms with E-state index in [9.17, 15) is 14.0 Å². The predicted molar refractivity (Wildman–Crippen MR) is 73.0 cm³/mol. The molecule has 20 heavy (non-hydrogen) atoms. The zero-order valence-electron chi connectivity index (χ0n) is 10.7. The third-order valence-corrected chi connectivity index (χ3v) is 2.96. The van der Waals surface area contributed by atoms with Crippen LogP contribution in [0.5, 0.6) is 0 Å². The monoisotopic (exact) mass is 272 g/mol. The highest BCUT2D eigenvalue weighted by Crippen LogP contribution is 2.23. The van der Waals surface area contributed by atoms with E-state index in [0.29, 0.717) is 16.7 Å². The quantitative estimate of drug-likeness (QED) is 0.847. The van der Waals surface area contributed by atoms with Crippen molar-refractivity contribution in [1.82, 2.24) is 0 Å². The lowest BCUT2D eigenvalue weighted by Crippen LogP contribution is -2.03. The van der Waals surface area contributed by atoms with Crippen molar-refractivity contribution in [2.45, 2.75) is 12.8 Å². The number of halogens is 1. The Morgan fingerprint density at radius 2 is 1.60 bits per heavy atom. The Morgan fingerprint density at radius 1 is 0.950 bits per heavy atom. The van der Waals surface area contributed by atoms with E-state index < -0.39 is 5.97 Å². The molecule has 0 atom stereocenters. The SMILES string of the molecule is O=C(O)CCC(=O)c1ccc(-c2ccccc2F)cc1. The lowest BCUT2D eigenvalue weighted by atomic mass is 10.0. The van der Waals surface area contributed by atoms with Crippen molar-refractivity contribution in [3.05, 3.63) is 59.9 Å². The highest BCUT2D eigenvalue weighted by Gasteiger charge is 2.09. The Bertz CT molecular complexity index is 632. The Balaban J connectivity index is 2.16. The average molecular weight is 272 g/mol. The number of aliphatic carboxylic acids is 1. The summed E-state index contributed by atoms with van der Waals surface area (Å²) in [6, 6.07) is 12.9. The smallest absolute Gasteiger partial charge is 0.303 e. The Morgan fingerprint density at radius 3 is 2.20 bits per heavy atom. The minimum absolute atomic E-state index is 0.0334. The molecule has 0 amide bonds. The maximum absolute atomic E-state index is 13.6. The van der Waals surface area contributed by atoms with Gasteiger partial charge in [0.05, 0.1) is 6.42 Å². The first-order valence-electron chi connectivity index (χ1n) is 6.18. The molecular weight excluding hydrogens is 259 g/mol. The minimum Gasteiger partial charge on any atom is -0.481 e. The van der Waals surface area contributed by atoms with Crippen LogP contribution < -0.4 is 0 Å². The molecule has 0 radical (unpaired) electrons. The highest BCUT2D eigenvalue weighted by atomic mass is 19.1. The van der Waals surface area contributed by atoms with Crippen LogP contribution in [-0.4, -0.2) is 16.9 Å². The summed E-state index contributed by atoms with van der Waals surface area (Å²) in [4.78, 5) is 22.1. The second kappa shape index (κ2) is 6.10. The van der Waals surface area contributed by atoms with Crippen LogP contribution in [0.4, 0.5) is 4.39 Å². The number of carboxylic acids is 1. The Labute approximate surface area is 115 Å². The van der Waals surface area contributed by atoms with E-state index >= 15 is 0 Å². The van der Waals surface area contributed by atoms with Crippen LogP contribution in [0.3, 0.4) is 0 Å². The fraction of sp³-hybridized carbons (Fsp3) is 0.125. The van der Waals surface area contributed by atoms with E-state index in [4.69, 9.17) is 5.11 Å². The van der Waals surface area contributed by atoms with Crippen LogP contribution in [0.15, 0.2) is 48.5 Å². The van der Waals surface area contributed by atoms with Crippen molar-refractivity contribution in [3.8, 4) is 11.1 Å². The molecule has 0 unspecified atom stereocenters. The molecule has 2 rings (SSSR count). The molecular formula is C16H13FO3. The fourth-order valence-corrected chi connectivity index (χ4v) is 1.90. The van der Waals surface area contributed by atoms with Crippen LogP contribution in [0.2, 0.25) is 0 Å². The molecule has 2 aromatic carbocycles. The number of hydrogen-bond acceptors (Lipinski definition) is 2. The van der Waals surface area contributed by atoms with Crippen LogP contribution in [0.1, 0.15) is 23.2 Å². The van der Waals surface area contributed by atoms with Gasteiger partial charge >= 0.3 is 5.97 Å². The molecule has 4 heteroatoms. The van der Waals surface area contributed by atoms with Crippen molar-refractivity contribution in [2.75, 3.05) is 0 Å². The molecule has 2 aromatic rings. The lowest BCUT2D eigenvalue weighted by molar-refractivity contribution is -0.136. The van der Waals surface area contributed by atoms with Gasteiger partial charge in [-0.1, -0.05) is 42.5 Å². The lowest BCUT2D eigenvalue weighted by Gasteiger charge is -2.05. The normalized spacial score (nSPS) is 10.2. The summed E-state index contributed by atoms with van der Waals surface area (Å²) in [5.41, 5.74) is 1.58. The van der Waals surface area contributed by atoms with E-state index in [1.165, 1.54) is 6.07 Å². The third kappa shape index (κ3) is 3.29. The maximum Gasteiger partial charge on any atom is 0.303 e. The van der Waals surface area contributed by atoms with Gasteiger partial charge in [0.1, 0.15) is 5.82 Å². The average Bonchev–Trinajstić information content (AvgIpc) is 2.45. The van der Waals surface area contributed by atoms with E-state index in [-0.39, 0.29) is 24.4 Å². The maximum atomic E-state index is 13.6. The van der Waals surface area contributed by atoms with Gasteiger partial charge < -0.3 is 5.11 Å². The molecule has 0 spiro atoms. The predicted octanol–water partition coefficient (Wildman–Crippen LogP) is 3.54. The van der Waals surface area contributed by atoms with Gasteiger partial charge in [-0.05, 0) is 11.6 Å². The summed E-state index contributed by atoms with van der Waals surface area (Å²) in [6.45, 7) is 0. The summed E-state index contributed by atoms with van der Waals surface area (Å²) < 4.78 is 13.6. The van der Waals surface area contributed by atoms with Gasteiger partial charge in [-0.2, -0.15) is 0 Å². The number of ketones is 1. The summed E-state index contributed by atoms with van der Waals surface area (Å²) in [5.74, 6) is -1.55. The van der Waals surface area contributed by atoms with Crippen molar-refractivity contribution >= 4 is 11.8 Å². The van der Waals surface area contributed by atoms with Gasteiger partial charge in [-0.25, -0.2) is 4.39 Å². The van der Waals surface area contributed by atoms with Gasteiger partial charge in [0.15, 0.2) is 5.78 Å². The van der Waals surface area contributed by atoms with Gasteiger partial charge in [-0.3, -0.25) is 9.59 Å². The molecule has 102 valence electrons. The van der Waals surface area contributed by atoms with Gasteiger partial charge in [0, 0.05) is 17.5 Å². The van der Waals surface area contributed by atoms with Crippen molar-refractivity contribution < 1.29 is 19.1 Å². The Hall–Kier alpha value is -2.49. The second-order valence-electron chi connectivity index (χ2n) is 4.37.